The number of carbonyl (C=O) groups is 1. The number of carbonyl (C=O) groups excluding carboxylic acids is 1. The van der Waals surface area contributed by atoms with Crippen molar-refractivity contribution in [1.82, 2.24) is 4.31 Å². The molecule has 0 aliphatic carbocycles. The monoisotopic (exact) mass is 424 g/mol. The Labute approximate surface area is 170 Å². The maximum absolute atomic E-state index is 13.0. The minimum absolute atomic E-state index is 0.0490. The van der Waals surface area contributed by atoms with Gasteiger partial charge in [0, 0.05) is 24.0 Å². The fourth-order valence-corrected chi connectivity index (χ4v) is 4.93. The third-order valence-corrected chi connectivity index (χ3v) is 7.55. The van der Waals surface area contributed by atoms with Gasteiger partial charge in [-0.05, 0) is 48.9 Å². The van der Waals surface area contributed by atoms with E-state index in [2.05, 4.69) is 5.32 Å². The number of hydrogen-bond donors (Lipinski definition) is 1. The third-order valence-electron chi connectivity index (χ3n) is 4.29. The molecule has 0 fully saturated rings. The molecule has 0 saturated heterocycles. The van der Waals surface area contributed by atoms with E-state index in [-0.39, 0.29) is 27.6 Å². The molecule has 0 bridgehead atoms. The highest BCUT2D eigenvalue weighted by atomic mass is 32.2. The van der Waals surface area contributed by atoms with Crippen molar-refractivity contribution in [2.75, 3.05) is 24.2 Å². The van der Waals surface area contributed by atoms with Gasteiger partial charge in [-0.1, -0.05) is 26.0 Å². The van der Waals surface area contributed by atoms with Crippen LogP contribution >= 0.6 is 11.8 Å². The van der Waals surface area contributed by atoms with E-state index in [0.29, 0.717) is 18.8 Å². The molecule has 2 aromatic carbocycles. The molecule has 1 N–H and O–H groups in total. The summed E-state index contributed by atoms with van der Waals surface area (Å²) in [6.45, 7) is 6.35. The van der Waals surface area contributed by atoms with Gasteiger partial charge in [0.05, 0.1) is 10.6 Å². The first-order valence-corrected chi connectivity index (χ1v) is 11.5. The van der Waals surface area contributed by atoms with Gasteiger partial charge in [0.2, 0.25) is 15.9 Å². The highest BCUT2D eigenvalue weighted by Gasteiger charge is 2.21. The minimum atomic E-state index is -3.51. The van der Waals surface area contributed by atoms with Crippen LogP contribution in [0.15, 0.2) is 53.4 Å². The van der Waals surface area contributed by atoms with Gasteiger partial charge >= 0.3 is 0 Å². The number of amides is 1. The second-order valence-corrected chi connectivity index (χ2v) is 9.43. The molecule has 1 atom stereocenters. The maximum Gasteiger partial charge on any atom is 0.243 e. The van der Waals surface area contributed by atoms with E-state index >= 15 is 0 Å². The third kappa shape index (κ3) is 5.80. The lowest BCUT2D eigenvalue weighted by Gasteiger charge is -2.18. The number of nitrogens with one attached hydrogen (secondary N) is 1. The summed E-state index contributed by atoms with van der Waals surface area (Å²) < 4.78 is 39.3. The van der Waals surface area contributed by atoms with Crippen molar-refractivity contribution >= 4 is 33.4 Å². The van der Waals surface area contributed by atoms with Crippen LogP contribution in [0.1, 0.15) is 31.6 Å². The lowest BCUT2D eigenvalue weighted by Crippen LogP contribution is -2.30. The molecule has 28 heavy (non-hydrogen) atoms. The summed E-state index contributed by atoms with van der Waals surface area (Å²) in [5.74, 6) is -0.235. The SMILES string of the molecule is CCN(CC)S(=O)(=O)c1ccc(NC(=O)CSC(C)c2ccc(F)cc2)cc1. The van der Waals surface area contributed by atoms with Crippen LogP contribution in [0.4, 0.5) is 10.1 Å². The molecular weight excluding hydrogens is 399 g/mol. The Morgan fingerprint density at radius 3 is 2.18 bits per heavy atom. The average Bonchev–Trinajstić information content (AvgIpc) is 2.68. The van der Waals surface area contributed by atoms with Crippen LogP contribution in [-0.2, 0) is 14.8 Å². The predicted molar refractivity (Wildman–Crippen MR) is 112 cm³/mol. The van der Waals surface area contributed by atoms with Crippen LogP contribution < -0.4 is 5.32 Å². The summed E-state index contributed by atoms with van der Waals surface area (Å²) >= 11 is 1.44. The highest BCUT2D eigenvalue weighted by Crippen LogP contribution is 2.28. The molecule has 0 aliphatic rings. The number of benzene rings is 2. The van der Waals surface area contributed by atoms with Crippen LogP contribution in [0.25, 0.3) is 0 Å². The van der Waals surface area contributed by atoms with Crippen molar-refractivity contribution in [3.63, 3.8) is 0 Å². The maximum atomic E-state index is 13.0. The number of hydrogen-bond acceptors (Lipinski definition) is 4. The molecule has 2 aromatic rings. The van der Waals surface area contributed by atoms with Crippen LogP contribution in [0.2, 0.25) is 0 Å². The molecule has 0 spiro atoms. The zero-order valence-corrected chi connectivity index (χ0v) is 17.8. The Hall–Kier alpha value is -1.90. The Morgan fingerprint density at radius 1 is 1.07 bits per heavy atom. The van der Waals surface area contributed by atoms with Gasteiger partial charge in [-0.3, -0.25) is 4.79 Å². The number of thioether (sulfide) groups is 1. The van der Waals surface area contributed by atoms with E-state index in [0.717, 1.165) is 5.56 Å². The van der Waals surface area contributed by atoms with Gasteiger partial charge in [0.15, 0.2) is 0 Å². The first kappa shape index (κ1) is 22.4. The zero-order valence-electron chi connectivity index (χ0n) is 16.2. The molecule has 8 heteroatoms. The van der Waals surface area contributed by atoms with Crippen molar-refractivity contribution in [2.45, 2.75) is 30.9 Å². The van der Waals surface area contributed by atoms with Gasteiger partial charge in [-0.15, -0.1) is 11.8 Å². The fourth-order valence-electron chi connectivity index (χ4n) is 2.65. The standard InChI is InChI=1S/C20H25FN2O3S2/c1-4-23(5-2)28(25,26)19-12-10-18(11-13-19)22-20(24)14-27-15(3)16-6-8-17(21)9-7-16/h6-13,15H,4-5,14H2,1-3H3,(H,22,24). The highest BCUT2D eigenvalue weighted by molar-refractivity contribution is 8.00. The van der Waals surface area contributed by atoms with E-state index in [1.54, 1.807) is 38.1 Å². The Morgan fingerprint density at radius 2 is 1.64 bits per heavy atom. The number of rotatable bonds is 9. The summed E-state index contributed by atoms with van der Waals surface area (Å²) in [5, 5.41) is 2.81. The van der Waals surface area contributed by atoms with Crippen molar-refractivity contribution in [1.29, 1.82) is 0 Å². The number of halogens is 1. The van der Waals surface area contributed by atoms with Crippen LogP contribution in [0.5, 0.6) is 0 Å². The fraction of sp³-hybridized carbons (Fsp3) is 0.350. The van der Waals surface area contributed by atoms with Gasteiger partial charge in [-0.25, -0.2) is 12.8 Å². The molecule has 0 saturated carbocycles. The summed E-state index contributed by atoms with van der Waals surface area (Å²) in [6.07, 6.45) is 0. The molecule has 0 heterocycles. The van der Waals surface area contributed by atoms with Crippen LogP contribution in [-0.4, -0.2) is 37.5 Å². The lowest BCUT2D eigenvalue weighted by atomic mass is 10.2. The molecule has 0 aromatic heterocycles. The van der Waals surface area contributed by atoms with Gasteiger partial charge in [0.1, 0.15) is 5.82 Å². The minimum Gasteiger partial charge on any atom is -0.325 e. The summed E-state index contributed by atoms with van der Waals surface area (Å²) in [5.41, 5.74) is 1.49. The topological polar surface area (TPSA) is 66.5 Å². The predicted octanol–water partition coefficient (Wildman–Crippen LogP) is 4.29. The zero-order chi connectivity index (χ0) is 20.7. The molecule has 0 aliphatic heterocycles. The van der Waals surface area contributed by atoms with Crippen molar-refractivity contribution < 1.29 is 17.6 Å². The van der Waals surface area contributed by atoms with Crippen molar-refractivity contribution in [2.24, 2.45) is 0 Å². The van der Waals surface area contributed by atoms with Gasteiger partial charge in [-0.2, -0.15) is 4.31 Å². The van der Waals surface area contributed by atoms with E-state index in [4.69, 9.17) is 0 Å². The van der Waals surface area contributed by atoms with E-state index in [9.17, 15) is 17.6 Å². The smallest absolute Gasteiger partial charge is 0.243 e. The molecule has 0 radical (unpaired) electrons. The van der Waals surface area contributed by atoms with Crippen LogP contribution in [0, 0.1) is 5.82 Å². The van der Waals surface area contributed by atoms with Gasteiger partial charge < -0.3 is 5.32 Å². The molecule has 1 amide bonds. The average molecular weight is 425 g/mol. The number of anilines is 1. The Kier molecular flexibility index (Phi) is 8.03. The first-order chi connectivity index (χ1) is 13.3. The van der Waals surface area contributed by atoms with Crippen molar-refractivity contribution in [3.8, 4) is 0 Å². The second kappa shape index (κ2) is 10.0. The van der Waals surface area contributed by atoms with E-state index in [1.807, 2.05) is 6.92 Å². The van der Waals surface area contributed by atoms with Crippen LogP contribution in [0.3, 0.4) is 0 Å². The Bertz CT molecular complexity index is 881. The first-order valence-electron chi connectivity index (χ1n) is 9.05. The molecule has 5 nitrogen and oxygen atoms in total. The van der Waals surface area contributed by atoms with Gasteiger partial charge in [0.25, 0.3) is 0 Å². The van der Waals surface area contributed by atoms with E-state index in [1.165, 1.54) is 40.3 Å². The number of nitrogens with zero attached hydrogens (tertiary/aromatic N) is 1. The Balaban J connectivity index is 1.93. The summed E-state index contributed by atoms with van der Waals surface area (Å²) in [7, 11) is -3.51. The summed E-state index contributed by atoms with van der Waals surface area (Å²) in [6, 6.07) is 12.4. The lowest BCUT2D eigenvalue weighted by molar-refractivity contribution is -0.113. The molecular formula is C20H25FN2O3S2. The largest absolute Gasteiger partial charge is 0.325 e. The quantitative estimate of drug-likeness (QED) is 0.652. The second-order valence-electron chi connectivity index (χ2n) is 6.17. The molecule has 2 rings (SSSR count). The van der Waals surface area contributed by atoms with Crippen molar-refractivity contribution in [3.05, 3.63) is 59.9 Å². The summed E-state index contributed by atoms with van der Waals surface area (Å²) in [4.78, 5) is 12.4. The normalized spacial score (nSPS) is 12.8. The molecule has 1 unspecified atom stereocenters. The number of sulfonamides is 1. The van der Waals surface area contributed by atoms with E-state index < -0.39 is 10.0 Å². The molecule has 152 valence electrons.